The Morgan fingerprint density at radius 3 is 1.57 bits per heavy atom. The molecule has 0 radical (unpaired) electrons. The van der Waals surface area contributed by atoms with Crippen LogP contribution in [0, 0.1) is 5.82 Å². The quantitative estimate of drug-likeness (QED) is 0.326. The van der Waals surface area contributed by atoms with Gasteiger partial charge in [-0.25, -0.2) is 9.18 Å². The predicted molar refractivity (Wildman–Crippen MR) is 133 cm³/mol. The van der Waals surface area contributed by atoms with Gasteiger partial charge in [-0.1, -0.05) is 109 Å². The van der Waals surface area contributed by atoms with Crippen LogP contribution < -0.4 is 5.32 Å². The minimum Gasteiger partial charge on any atom is -0.480 e. The van der Waals surface area contributed by atoms with E-state index < -0.39 is 29.2 Å². The highest BCUT2D eigenvalue weighted by molar-refractivity contribution is 5.85. The van der Waals surface area contributed by atoms with Gasteiger partial charge in [-0.2, -0.15) is 0 Å². The maximum absolute atomic E-state index is 14.2. The third-order valence-corrected chi connectivity index (χ3v) is 6.24. The third-order valence-electron chi connectivity index (χ3n) is 6.24. The fourth-order valence-corrected chi connectivity index (χ4v) is 4.54. The minimum atomic E-state index is -1.26. The average Bonchev–Trinajstić information content (AvgIpc) is 2.89. The summed E-state index contributed by atoms with van der Waals surface area (Å²) in [4.78, 5) is 25.5. The Morgan fingerprint density at radius 2 is 1.14 bits per heavy atom. The molecule has 0 aromatic heterocycles. The Bertz CT molecular complexity index is 1180. The molecule has 4 nitrogen and oxygen atoms in total. The zero-order valence-electron chi connectivity index (χ0n) is 19.1. The average molecular weight is 468 g/mol. The first-order chi connectivity index (χ1) is 17.0. The Hall–Kier alpha value is -4.25. The lowest BCUT2D eigenvalue weighted by atomic mass is 9.67. The van der Waals surface area contributed by atoms with Crippen molar-refractivity contribution in [3.8, 4) is 0 Å². The van der Waals surface area contributed by atoms with E-state index in [-0.39, 0.29) is 18.4 Å². The first-order valence-corrected chi connectivity index (χ1v) is 11.4. The number of amides is 1. The number of hydrogen-bond donors (Lipinski definition) is 2. The number of halogens is 1. The molecule has 4 rings (SSSR count). The van der Waals surface area contributed by atoms with Crippen molar-refractivity contribution >= 4 is 11.9 Å². The van der Waals surface area contributed by atoms with Crippen molar-refractivity contribution in [2.45, 2.75) is 24.3 Å². The summed E-state index contributed by atoms with van der Waals surface area (Å²) in [6.07, 6.45) is -0.172. The van der Waals surface area contributed by atoms with E-state index in [9.17, 15) is 19.1 Å². The Morgan fingerprint density at radius 1 is 0.714 bits per heavy atom. The monoisotopic (exact) mass is 467 g/mol. The number of nitrogens with one attached hydrogen (secondary N) is 1. The molecule has 1 atom stereocenters. The van der Waals surface area contributed by atoms with Gasteiger partial charge in [-0.05, 0) is 28.3 Å². The molecule has 0 aliphatic carbocycles. The molecule has 0 saturated heterocycles. The summed E-state index contributed by atoms with van der Waals surface area (Å²) in [6.45, 7) is 0. The largest absolute Gasteiger partial charge is 0.480 e. The van der Waals surface area contributed by atoms with E-state index in [0.717, 1.165) is 16.7 Å². The predicted octanol–water partition coefficient (Wildman–Crippen LogP) is 5.36. The third kappa shape index (κ3) is 5.30. The van der Waals surface area contributed by atoms with E-state index in [1.165, 1.54) is 12.1 Å². The summed E-state index contributed by atoms with van der Waals surface area (Å²) in [6, 6.07) is 33.9. The SMILES string of the molecule is O=C(CC(c1ccccc1)(c1ccccc1)c1ccccc1)N[C@H](Cc1ccccc1F)C(=O)O. The Balaban J connectivity index is 1.74. The van der Waals surface area contributed by atoms with Crippen LogP contribution in [0.15, 0.2) is 115 Å². The van der Waals surface area contributed by atoms with E-state index in [2.05, 4.69) is 5.32 Å². The molecule has 35 heavy (non-hydrogen) atoms. The number of benzene rings is 4. The zero-order chi connectivity index (χ0) is 24.7. The molecule has 176 valence electrons. The Labute approximate surface area is 204 Å². The second-order valence-corrected chi connectivity index (χ2v) is 8.43. The molecule has 0 spiro atoms. The highest BCUT2D eigenvalue weighted by atomic mass is 19.1. The van der Waals surface area contributed by atoms with E-state index in [1.54, 1.807) is 12.1 Å². The van der Waals surface area contributed by atoms with Crippen LogP contribution in [0.1, 0.15) is 28.7 Å². The molecule has 0 bridgehead atoms. The fraction of sp³-hybridized carbons (Fsp3) is 0.133. The van der Waals surface area contributed by atoms with Crippen molar-refractivity contribution in [1.29, 1.82) is 0 Å². The standard InChI is InChI=1S/C30H26FNO3/c31-26-19-11-10-12-22(26)20-27(29(34)35)32-28(33)21-30(23-13-4-1-5-14-23,24-15-6-2-7-16-24)25-17-8-3-9-18-25/h1-19,27H,20-21H2,(H,32,33)(H,34,35)/t27-/m1/s1. The number of aliphatic carboxylic acids is 1. The van der Waals surface area contributed by atoms with Crippen LogP contribution in [0.25, 0.3) is 0 Å². The lowest BCUT2D eigenvalue weighted by Crippen LogP contribution is -2.45. The summed E-state index contributed by atoms with van der Waals surface area (Å²) >= 11 is 0. The number of carbonyl (C=O) groups is 2. The topological polar surface area (TPSA) is 66.4 Å². The van der Waals surface area contributed by atoms with Crippen molar-refractivity contribution in [1.82, 2.24) is 5.32 Å². The second-order valence-electron chi connectivity index (χ2n) is 8.43. The van der Waals surface area contributed by atoms with Crippen molar-refractivity contribution in [3.63, 3.8) is 0 Å². The van der Waals surface area contributed by atoms with Crippen molar-refractivity contribution in [2.24, 2.45) is 0 Å². The summed E-state index contributed by atoms with van der Waals surface area (Å²) in [5, 5.41) is 12.4. The van der Waals surface area contributed by atoms with Crippen LogP contribution in [0.3, 0.4) is 0 Å². The van der Waals surface area contributed by atoms with E-state index >= 15 is 0 Å². The van der Waals surface area contributed by atoms with Gasteiger partial charge in [0.05, 0.1) is 5.41 Å². The van der Waals surface area contributed by atoms with Crippen LogP contribution >= 0.6 is 0 Å². The zero-order valence-corrected chi connectivity index (χ0v) is 19.1. The first kappa shape index (κ1) is 23.9. The van der Waals surface area contributed by atoms with Gasteiger partial charge >= 0.3 is 5.97 Å². The second kappa shape index (κ2) is 10.8. The molecular weight excluding hydrogens is 441 g/mol. The number of carboxylic acids is 1. The molecule has 2 N–H and O–H groups in total. The summed E-state index contributed by atoms with van der Waals surface area (Å²) < 4.78 is 14.2. The van der Waals surface area contributed by atoms with Gasteiger partial charge in [0, 0.05) is 12.8 Å². The molecular formula is C30H26FNO3. The van der Waals surface area contributed by atoms with Crippen LogP contribution in [-0.2, 0) is 21.4 Å². The van der Waals surface area contributed by atoms with Crippen molar-refractivity contribution in [3.05, 3.63) is 143 Å². The van der Waals surface area contributed by atoms with Crippen LogP contribution in [0.4, 0.5) is 4.39 Å². The molecule has 0 heterocycles. The summed E-state index contributed by atoms with van der Waals surface area (Å²) in [5.74, 6) is -2.16. The van der Waals surface area contributed by atoms with Gasteiger partial charge in [0.25, 0.3) is 0 Å². The van der Waals surface area contributed by atoms with E-state index in [1.807, 2.05) is 91.0 Å². The molecule has 5 heteroatoms. The lowest BCUT2D eigenvalue weighted by molar-refractivity contribution is -0.141. The summed E-state index contributed by atoms with van der Waals surface area (Å²) in [5.41, 5.74) is 2.12. The molecule has 0 aliphatic rings. The smallest absolute Gasteiger partial charge is 0.326 e. The van der Waals surface area contributed by atoms with Crippen molar-refractivity contribution < 1.29 is 19.1 Å². The summed E-state index contributed by atoms with van der Waals surface area (Å²) in [7, 11) is 0. The van der Waals surface area contributed by atoms with Gasteiger partial charge in [0.1, 0.15) is 11.9 Å². The van der Waals surface area contributed by atoms with Gasteiger partial charge < -0.3 is 10.4 Å². The number of carboxylic acid groups (broad SMARTS) is 1. The maximum atomic E-state index is 14.2. The first-order valence-electron chi connectivity index (χ1n) is 11.4. The molecule has 0 fully saturated rings. The van der Waals surface area contributed by atoms with E-state index in [4.69, 9.17) is 0 Å². The highest BCUT2D eigenvalue weighted by Gasteiger charge is 2.39. The van der Waals surface area contributed by atoms with Crippen LogP contribution in [0.5, 0.6) is 0 Å². The molecule has 1 amide bonds. The number of carbonyl (C=O) groups excluding carboxylic acids is 1. The normalized spacial score (nSPS) is 12.0. The molecule has 4 aromatic carbocycles. The minimum absolute atomic E-state index is 0.0217. The Kier molecular flexibility index (Phi) is 7.36. The molecule has 0 saturated carbocycles. The highest BCUT2D eigenvalue weighted by Crippen LogP contribution is 2.42. The number of rotatable bonds is 9. The van der Waals surface area contributed by atoms with Gasteiger partial charge in [-0.3, -0.25) is 4.79 Å². The molecule has 0 aliphatic heterocycles. The van der Waals surface area contributed by atoms with Crippen LogP contribution in [0.2, 0.25) is 0 Å². The van der Waals surface area contributed by atoms with Gasteiger partial charge in [0.15, 0.2) is 0 Å². The molecule has 0 unspecified atom stereocenters. The lowest BCUT2D eigenvalue weighted by Gasteiger charge is -2.36. The maximum Gasteiger partial charge on any atom is 0.326 e. The van der Waals surface area contributed by atoms with Crippen LogP contribution in [-0.4, -0.2) is 23.0 Å². The molecule has 4 aromatic rings. The number of hydrogen-bond acceptors (Lipinski definition) is 2. The van der Waals surface area contributed by atoms with Gasteiger partial charge in [-0.15, -0.1) is 0 Å². The van der Waals surface area contributed by atoms with E-state index in [0.29, 0.717) is 0 Å². The fourth-order valence-electron chi connectivity index (χ4n) is 4.54. The van der Waals surface area contributed by atoms with Crippen molar-refractivity contribution in [2.75, 3.05) is 0 Å². The van der Waals surface area contributed by atoms with Gasteiger partial charge in [0.2, 0.25) is 5.91 Å².